The van der Waals surface area contributed by atoms with Crippen LogP contribution in [0, 0.1) is 0 Å². The third-order valence-electron chi connectivity index (χ3n) is 4.15. The Bertz CT molecular complexity index is 876. The van der Waals surface area contributed by atoms with E-state index in [2.05, 4.69) is 10.1 Å². The van der Waals surface area contributed by atoms with Crippen molar-refractivity contribution in [2.24, 2.45) is 0 Å². The predicted octanol–water partition coefficient (Wildman–Crippen LogP) is 3.47. The minimum atomic E-state index is -0.293. The van der Waals surface area contributed by atoms with Gasteiger partial charge in [0, 0.05) is 23.7 Å². The number of benzene rings is 1. The minimum Gasteiger partial charge on any atom is -0.462 e. The first-order valence-electron chi connectivity index (χ1n) is 7.87. The number of esters is 1. The first-order valence-corrected chi connectivity index (χ1v) is 7.87. The Morgan fingerprint density at radius 1 is 1.30 bits per heavy atom. The van der Waals surface area contributed by atoms with E-state index in [-0.39, 0.29) is 5.97 Å². The summed E-state index contributed by atoms with van der Waals surface area (Å²) in [6, 6.07) is 8.04. The first-order chi connectivity index (χ1) is 11.3. The van der Waals surface area contributed by atoms with E-state index in [0.717, 1.165) is 35.0 Å². The van der Waals surface area contributed by atoms with Crippen molar-refractivity contribution < 1.29 is 9.53 Å². The maximum absolute atomic E-state index is 12.2. The van der Waals surface area contributed by atoms with Crippen LogP contribution in [0.5, 0.6) is 0 Å². The fourth-order valence-corrected chi connectivity index (χ4v) is 2.95. The topological polar surface area (TPSA) is 57.0 Å². The smallest absolute Gasteiger partial charge is 0.341 e. The Hall–Kier alpha value is -2.69. The summed E-state index contributed by atoms with van der Waals surface area (Å²) in [5.74, 6) is 0.0860. The van der Waals surface area contributed by atoms with Gasteiger partial charge in [-0.25, -0.2) is 9.48 Å². The lowest BCUT2D eigenvalue weighted by Gasteiger charge is -2.11. The van der Waals surface area contributed by atoms with E-state index < -0.39 is 0 Å². The fraction of sp³-hybridized carbons (Fsp3) is 0.278. The van der Waals surface area contributed by atoms with Gasteiger partial charge in [0.05, 0.1) is 24.2 Å². The normalized spacial score (nSPS) is 14.1. The second-order valence-corrected chi connectivity index (χ2v) is 5.72. The number of ether oxygens (including phenoxy) is 1. The molecule has 5 heteroatoms. The number of aromatic nitrogens is 3. The maximum Gasteiger partial charge on any atom is 0.341 e. The van der Waals surface area contributed by atoms with Gasteiger partial charge < -0.3 is 4.74 Å². The standard InChI is InChI=1S/C18H17N3O2/c1-2-23-18(22)15-11-20-21(17(15)13-6-7-13)16-5-3-4-12-8-9-19-10-14(12)16/h3-5,8-11,13H,2,6-7H2,1H3. The van der Waals surface area contributed by atoms with Crippen molar-refractivity contribution in [1.82, 2.24) is 14.8 Å². The highest BCUT2D eigenvalue weighted by Gasteiger charge is 2.33. The molecule has 2 heterocycles. The predicted molar refractivity (Wildman–Crippen MR) is 86.8 cm³/mol. The van der Waals surface area contributed by atoms with Gasteiger partial charge in [-0.1, -0.05) is 12.1 Å². The van der Waals surface area contributed by atoms with Crippen LogP contribution in [0.2, 0.25) is 0 Å². The van der Waals surface area contributed by atoms with Crippen LogP contribution >= 0.6 is 0 Å². The second-order valence-electron chi connectivity index (χ2n) is 5.72. The van der Waals surface area contributed by atoms with Crippen LogP contribution < -0.4 is 0 Å². The SMILES string of the molecule is CCOC(=O)c1cnn(-c2cccc3ccncc23)c1C1CC1. The summed E-state index contributed by atoms with van der Waals surface area (Å²) in [6.45, 7) is 2.18. The summed E-state index contributed by atoms with van der Waals surface area (Å²) < 4.78 is 7.06. The van der Waals surface area contributed by atoms with Gasteiger partial charge in [0.1, 0.15) is 5.56 Å². The van der Waals surface area contributed by atoms with Gasteiger partial charge in [-0.15, -0.1) is 0 Å². The van der Waals surface area contributed by atoms with E-state index in [1.54, 1.807) is 12.4 Å². The van der Waals surface area contributed by atoms with Gasteiger partial charge in [-0.05, 0) is 37.3 Å². The molecule has 0 radical (unpaired) electrons. The molecule has 0 unspecified atom stereocenters. The Labute approximate surface area is 133 Å². The highest BCUT2D eigenvalue weighted by molar-refractivity contribution is 5.92. The van der Waals surface area contributed by atoms with Crippen molar-refractivity contribution in [2.45, 2.75) is 25.7 Å². The summed E-state index contributed by atoms with van der Waals surface area (Å²) >= 11 is 0. The molecule has 3 aromatic rings. The molecule has 23 heavy (non-hydrogen) atoms. The molecule has 0 aliphatic heterocycles. The van der Waals surface area contributed by atoms with Gasteiger partial charge in [0.2, 0.25) is 0 Å². The lowest BCUT2D eigenvalue weighted by atomic mass is 10.1. The maximum atomic E-state index is 12.2. The zero-order valence-electron chi connectivity index (χ0n) is 12.9. The zero-order chi connectivity index (χ0) is 15.8. The van der Waals surface area contributed by atoms with Crippen LogP contribution in [-0.4, -0.2) is 27.3 Å². The Kier molecular flexibility index (Phi) is 3.33. The lowest BCUT2D eigenvalue weighted by Crippen LogP contribution is -2.09. The summed E-state index contributed by atoms with van der Waals surface area (Å²) in [7, 11) is 0. The van der Waals surface area contributed by atoms with Crippen molar-refractivity contribution in [3.05, 3.63) is 54.1 Å². The summed E-state index contributed by atoms with van der Waals surface area (Å²) in [4.78, 5) is 16.4. The molecule has 0 atom stereocenters. The quantitative estimate of drug-likeness (QED) is 0.692. The number of pyridine rings is 1. The van der Waals surface area contributed by atoms with Crippen LogP contribution in [0.1, 0.15) is 41.7 Å². The molecule has 2 aromatic heterocycles. The van der Waals surface area contributed by atoms with Gasteiger partial charge in [0.15, 0.2) is 0 Å². The number of nitrogens with zero attached hydrogens (tertiary/aromatic N) is 3. The molecule has 1 aliphatic rings. The molecule has 0 saturated heterocycles. The fourth-order valence-electron chi connectivity index (χ4n) is 2.95. The number of carbonyl (C=O) groups is 1. The van der Waals surface area contributed by atoms with Crippen LogP contribution in [-0.2, 0) is 4.74 Å². The molecule has 116 valence electrons. The van der Waals surface area contributed by atoms with Crippen LogP contribution in [0.25, 0.3) is 16.5 Å². The summed E-state index contributed by atoms with van der Waals surface area (Å²) in [5.41, 5.74) is 2.49. The van der Waals surface area contributed by atoms with Crippen molar-refractivity contribution in [3.63, 3.8) is 0 Å². The number of hydrogen-bond donors (Lipinski definition) is 0. The van der Waals surface area contributed by atoms with Gasteiger partial charge in [-0.2, -0.15) is 5.10 Å². The first kappa shape index (κ1) is 13.9. The monoisotopic (exact) mass is 307 g/mol. The molecule has 4 rings (SSSR count). The van der Waals surface area contributed by atoms with Crippen molar-refractivity contribution in [1.29, 1.82) is 0 Å². The van der Waals surface area contributed by atoms with Crippen LogP contribution in [0.15, 0.2) is 42.9 Å². The Morgan fingerprint density at radius 2 is 2.17 bits per heavy atom. The highest BCUT2D eigenvalue weighted by Crippen LogP contribution is 2.43. The van der Waals surface area contributed by atoms with Crippen molar-refractivity contribution in [3.8, 4) is 5.69 Å². The van der Waals surface area contributed by atoms with E-state index in [4.69, 9.17) is 4.74 Å². The number of hydrogen-bond acceptors (Lipinski definition) is 4. The molecular formula is C18H17N3O2. The van der Waals surface area contributed by atoms with Gasteiger partial charge >= 0.3 is 5.97 Å². The minimum absolute atomic E-state index is 0.293. The summed E-state index contributed by atoms with van der Waals surface area (Å²) in [5, 5.41) is 6.62. The average Bonchev–Trinajstić information content (AvgIpc) is 3.33. The summed E-state index contributed by atoms with van der Waals surface area (Å²) in [6.07, 6.45) is 7.41. The average molecular weight is 307 g/mol. The molecule has 5 nitrogen and oxygen atoms in total. The number of carbonyl (C=O) groups excluding carboxylic acids is 1. The molecule has 0 amide bonds. The lowest BCUT2D eigenvalue weighted by molar-refractivity contribution is 0.0525. The number of rotatable bonds is 4. The second kappa shape index (κ2) is 5.50. The van der Waals surface area contributed by atoms with Crippen molar-refractivity contribution >= 4 is 16.7 Å². The van der Waals surface area contributed by atoms with Gasteiger partial charge in [0.25, 0.3) is 0 Å². The largest absolute Gasteiger partial charge is 0.462 e. The molecule has 1 fully saturated rings. The zero-order valence-corrected chi connectivity index (χ0v) is 12.9. The van der Waals surface area contributed by atoms with E-state index in [1.165, 1.54) is 0 Å². The molecular weight excluding hydrogens is 290 g/mol. The van der Waals surface area contributed by atoms with E-state index >= 15 is 0 Å². The molecule has 0 N–H and O–H groups in total. The Morgan fingerprint density at radius 3 is 2.96 bits per heavy atom. The molecule has 1 aromatic carbocycles. The number of fused-ring (bicyclic) bond motifs is 1. The molecule has 0 spiro atoms. The highest BCUT2D eigenvalue weighted by atomic mass is 16.5. The van der Waals surface area contributed by atoms with E-state index in [9.17, 15) is 4.79 Å². The van der Waals surface area contributed by atoms with Crippen LogP contribution in [0.3, 0.4) is 0 Å². The van der Waals surface area contributed by atoms with Crippen molar-refractivity contribution in [2.75, 3.05) is 6.61 Å². The molecule has 0 bridgehead atoms. The van der Waals surface area contributed by atoms with E-state index in [0.29, 0.717) is 18.1 Å². The van der Waals surface area contributed by atoms with Crippen LogP contribution in [0.4, 0.5) is 0 Å². The molecule has 1 aliphatic carbocycles. The van der Waals surface area contributed by atoms with Gasteiger partial charge in [-0.3, -0.25) is 4.98 Å². The molecule has 1 saturated carbocycles. The Balaban J connectivity index is 1.90. The third-order valence-corrected chi connectivity index (χ3v) is 4.15. The van der Waals surface area contributed by atoms with E-state index in [1.807, 2.05) is 42.1 Å². The third kappa shape index (κ3) is 2.38.